The van der Waals surface area contributed by atoms with Crippen LogP contribution in [-0.4, -0.2) is 15.7 Å². The molecule has 0 atom stereocenters. The van der Waals surface area contributed by atoms with Gasteiger partial charge in [0.15, 0.2) is 0 Å². The number of hydrogen-bond acceptors (Lipinski definition) is 2. The average Bonchev–Trinajstić information content (AvgIpc) is 2.83. The van der Waals surface area contributed by atoms with Gasteiger partial charge in [0.1, 0.15) is 5.15 Å². The predicted octanol–water partition coefficient (Wildman–Crippen LogP) is 2.19. The van der Waals surface area contributed by atoms with Crippen LogP contribution in [0, 0.1) is 0 Å². The highest BCUT2D eigenvalue weighted by atomic mass is 35.5. The zero-order valence-electron chi connectivity index (χ0n) is 7.33. The number of aryl methyl sites for hydroxylation is 1. The minimum atomic E-state index is -0.390. The summed E-state index contributed by atoms with van der Waals surface area (Å²) in [6.45, 7) is 0. The second-order valence-corrected chi connectivity index (χ2v) is 4.04. The molecule has 13 heavy (non-hydrogen) atoms. The van der Waals surface area contributed by atoms with Crippen molar-refractivity contribution in [3.8, 4) is 0 Å². The number of rotatable bonds is 3. The van der Waals surface area contributed by atoms with Crippen LogP contribution in [0.3, 0.4) is 0 Å². The van der Waals surface area contributed by atoms with Gasteiger partial charge in [-0.2, -0.15) is 0 Å². The Kier molecular flexibility index (Phi) is 2.26. The number of nitrogens with zero attached hydrogens (tertiary/aromatic N) is 1. The maximum atomic E-state index is 9.62. The first-order valence-electron chi connectivity index (χ1n) is 4.51. The largest absolute Gasteiger partial charge is 0.390 e. The lowest BCUT2D eigenvalue weighted by Gasteiger charge is -2.07. The molecule has 1 heterocycles. The van der Waals surface area contributed by atoms with Gasteiger partial charge < -0.3 is 5.11 Å². The predicted molar refractivity (Wildman–Crippen MR) is 51.8 cm³/mol. The molecule has 1 aromatic rings. The van der Waals surface area contributed by atoms with Crippen LogP contribution < -0.4 is 0 Å². The molecule has 0 aliphatic heterocycles. The lowest BCUT2D eigenvalue weighted by Crippen LogP contribution is -2.07. The van der Waals surface area contributed by atoms with Crippen molar-refractivity contribution >= 4 is 11.6 Å². The summed E-state index contributed by atoms with van der Waals surface area (Å²) in [7, 11) is 0. The summed E-state index contributed by atoms with van der Waals surface area (Å²) in [5.41, 5.74) is 0.642. The van der Waals surface area contributed by atoms with Crippen molar-refractivity contribution in [1.82, 2.24) is 4.98 Å². The normalized spacial score (nSPS) is 18.6. The van der Waals surface area contributed by atoms with E-state index in [9.17, 15) is 5.11 Å². The van der Waals surface area contributed by atoms with Crippen molar-refractivity contribution in [2.75, 3.05) is 0 Å². The molecule has 0 spiro atoms. The van der Waals surface area contributed by atoms with Gasteiger partial charge in [0.2, 0.25) is 0 Å². The molecule has 1 saturated carbocycles. The Labute approximate surface area is 82.6 Å². The monoisotopic (exact) mass is 197 g/mol. The highest BCUT2D eigenvalue weighted by Gasteiger charge is 2.39. The first-order valence-corrected chi connectivity index (χ1v) is 4.89. The van der Waals surface area contributed by atoms with E-state index >= 15 is 0 Å². The molecule has 0 amide bonds. The Morgan fingerprint density at radius 2 is 2.31 bits per heavy atom. The lowest BCUT2D eigenvalue weighted by atomic mass is 10.1. The molecule has 1 aliphatic rings. The molecule has 0 aromatic carbocycles. The smallest absolute Gasteiger partial charge is 0.132 e. The van der Waals surface area contributed by atoms with E-state index in [0.29, 0.717) is 5.15 Å². The zero-order chi connectivity index (χ0) is 9.31. The second-order valence-electron chi connectivity index (χ2n) is 3.68. The van der Waals surface area contributed by atoms with E-state index < -0.39 is 0 Å². The molecule has 0 unspecified atom stereocenters. The van der Waals surface area contributed by atoms with E-state index in [1.54, 1.807) is 6.20 Å². The van der Waals surface area contributed by atoms with Crippen LogP contribution in [0.1, 0.15) is 24.8 Å². The molecule has 3 heteroatoms. The van der Waals surface area contributed by atoms with Crippen LogP contribution in [0.4, 0.5) is 0 Å². The van der Waals surface area contributed by atoms with Crippen LogP contribution in [0.5, 0.6) is 0 Å². The van der Waals surface area contributed by atoms with Crippen molar-refractivity contribution in [1.29, 1.82) is 0 Å². The van der Waals surface area contributed by atoms with Gasteiger partial charge >= 0.3 is 0 Å². The SMILES string of the molecule is OC1(CCc2cccnc2Cl)CC1. The third-order valence-electron chi connectivity index (χ3n) is 2.52. The lowest BCUT2D eigenvalue weighted by molar-refractivity contribution is 0.140. The van der Waals surface area contributed by atoms with E-state index in [0.717, 1.165) is 31.2 Å². The molecular weight excluding hydrogens is 186 g/mol. The Morgan fingerprint density at radius 3 is 2.92 bits per heavy atom. The van der Waals surface area contributed by atoms with Crippen LogP contribution in [0.25, 0.3) is 0 Å². The molecule has 1 aliphatic carbocycles. The molecule has 0 saturated heterocycles. The third kappa shape index (κ3) is 2.20. The Bertz CT molecular complexity index is 310. The molecule has 0 bridgehead atoms. The van der Waals surface area contributed by atoms with Crippen molar-refractivity contribution in [3.63, 3.8) is 0 Å². The standard InChI is InChI=1S/C10H12ClNO/c11-9-8(2-1-7-12-9)3-4-10(13)5-6-10/h1-2,7,13H,3-6H2. The van der Waals surface area contributed by atoms with E-state index in [4.69, 9.17) is 11.6 Å². The van der Waals surface area contributed by atoms with E-state index in [-0.39, 0.29) is 5.60 Å². The highest BCUT2D eigenvalue weighted by Crippen LogP contribution is 2.39. The Morgan fingerprint density at radius 1 is 1.54 bits per heavy atom. The number of aliphatic hydroxyl groups is 1. The van der Waals surface area contributed by atoms with Gasteiger partial charge in [0, 0.05) is 6.20 Å². The fourth-order valence-electron chi connectivity index (χ4n) is 1.37. The Balaban J connectivity index is 1.97. The average molecular weight is 198 g/mol. The number of aromatic nitrogens is 1. The molecule has 70 valence electrons. The van der Waals surface area contributed by atoms with Crippen molar-refractivity contribution < 1.29 is 5.11 Å². The van der Waals surface area contributed by atoms with Gasteiger partial charge in [-0.05, 0) is 37.3 Å². The van der Waals surface area contributed by atoms with Crippen molar-refractivity contribution in [3.05, 3.63) is 29.0 Å². The summed E-state index contributed by atoms with van der Waals surface area (Å²) >= 11 is 5.88. The summed E-state index contributed by atoms with van der Waals surface area (Å²) in [4.78, 5) is 3.98. The van der Waals surface area contributed by atoms with E-state index in [1.165, 1.54) is 0 Å². The van der Waals surface area contributed by atoms with Crippen LogP contribution in [-0.2, 0) is 6.42 Å². The molecule has 1 N–H and O–H groups in total. The van der Waals surface area contributed by atoms with Gasteiger partial charge in [-0.15, -0.1) is 0 Å². The Hall–Kier alpha value is -0.600. The molecule has 2 nitrogen and oxygen atoms in total. The first-order chi connectivity index (χ1) is 6.20. The molecular formula is C10H12ClNO. The van der Waals surface area contributed by atoms with E-state index in [2.05, 4.69) is 4.98 Å². The molecule has 2 rings (SSSR count). The van der Waals surface area contributed by atoms with Crippen LogP contribution in [0.15, 0.2) is 18.3 Å². The maximum Gasteiger partial charge on any atom is 0.132 e. The zero-order valence-corrected chi connectivity index (χ0v) is 8.09. The maximum absolute atomic E-state index is 9.62. The van der Waals surface area contributed by atoms with Gasteiger partial charge in [-0.25, -0.2) is 4.98 Å². The molecule has 1 aromatic heterocycles. The quantitative estimate of drug-likeness (QED) is 0.754. The first kappa shape index (κ1) is 8.97. The summed E-state index contributed by atoms with van der Waals surface area (Å²) in [5, 5.41) is 10.2. The number of pyridine rings is 1. The van der Waals surface area contributed by atoms with Gasteiger partial charge in [-0.1, -0.05) is 17.7 Å². The number of hydrogen-bond donors (Lipinski definition) is 1. The summed E-state index contributed by atoms with van der Waals surface area (Å²) in [5.74, 6) is 0. The highest BCUT2D eigenvalue weighted by molar-refractivity contribution is 6.30. The van der Waals surface area contributed by atoms with E-state index in [1.807, 2.05) is 12.1 Å². The summed E-state index contributed by atoms with van der Waals surface area (Å²) < 4.78 is 0. The van der Waals surface area contributed by atoms with Crippen LogP contribution in [0.2, 0.25) is 5.15 Å². The minimum absolute atomic E-state index is 0.390. The van der Waals surface area contributed by atoms with Gasteiger partial charge in [0.05, 0.1) is 5.60 Å². The summed E-state index contributed by atoms with van der Waals surface area (Å²) in [6, 6.07) is 3.83. The summed E-state index contributed by atoms with van der Waals surface area (Å²) in [6.07, 6.45) is 5.18. The fraction of sp³-hybridized carbons (Fsp3) is 0.500. The van der Waals surface area contributed by atoms with Gasteiger partial charge in [0.25, 0.3) is 0 Å². The van der Waals surface area contributed by atoms with Crippen molar-refractivity contribution in [2.24, 2.45) is 0 Å². The second kappa shape index (κ2) is 3.28. The fourth-order valence-corrected chi connectivity index (χ4v) is 1.58. The number of halogens is 1. The van der Waals surface area contributed by atoms with Crippen LogP contribution >= 0.6 is 11.6 Å². The minimum Gasteiger partial charge on any atom is -0.390 e. The molecule has 0 radical (unpaired) electrons. The van der Waals surface area contributed by atoms with Gasteiger partial charge in [-0.3, -0.25) is 0 Å². The third-order valence-corrected chi connectivity index (χ3v) is 2.86. The van der Waals surface area contributed by atoms with Crippen molar-refractivity contribution in [2.45, 2.75) is 31.3 Å². The molecule has 1 fully saturated rings. The topological polar surface area (TPSA) is 33.1 Å².